The average molecular weight is 576 g/mol. The summed E-state index contributed by atoms with van der Waals surface area (Å²) in [5.74, 6) is 0. The molecule has 8 rings (SSSR count). The van der Waals surface area contributed by atoms with Crippen LogP contribution in [0, 0.1) is 0 Å². The Morgan fingerprint density at radius 2 is 1.37 bits per heavy atom. The first-order valence-electron chi connectivity index (χ1n) is 14.4. The molecule has 0 unspecified atom stereocenters. The van der Waals surface area contributed by atoms with Crippen molar-refractivity contribution >= 4 is 75.3 Å². The molecule has 0 aliphatic carbocycles. The first kappa shape index (κ1) is 28.0. The first-order chi connectivity index (χ1) is 21.2. The van der Waals surface area contributed by atoms with Gasteiger partial charge in [-0.05, 0) is 68.4 Å². The van der Waals surface area contributed by atoms with Crippen molar-refractivity contribution in [2.45, 2.75) is 13.8 Å². The third-order valence-corrected chi connectivity index (χ3v) is 8.56. The summed E-state index contributed by atoms with van der Waals surface area (Å²) >= 11 is 1.86. The van der Waals surface area contributed by atoms with Crippen molar-refractivity contribution in [1.29, 1.82) is 0 Å². The largest absolute Gasteiger partial charge is 0.355 e. The molecule has 4 aromatic heterocycles. The molecular formula is C39H33N3S. The number of hydrogen-bond donors (Lipinski definition) is 1. The van der Waals surface area contributed by atoms with Crippen LogP contribution in [0.1, 0.15) is 13.8 Å². The molecule has 0 bridgehead atoms. The standard InChI is InChI=1S/C29H17N3S.2C5H8/c1-3-8-23-18(6-1)20-14-17(11-12-24(20)31-23)32-25-9-5-13-30-29(25)22-15-21-19-7-2-4-10-27(19)33-28(21)16-26(22)32;2*1-3-5-4-2/h1-16,31H;2*3-5H,1H2,2H3/b;2*5-4-. The van der Waals surface area contributed by atoms with E-state index in [9.17, 15) is 0 Å². The molecule has 8 aromatic rings. The predicted molar refractivity (Wildman–Crippen MR) is 191 cm³/mol. The molecule has 0 saturated heterocycles. The van der Waals surface area contributed by atoms with Gasteiger partial charge >= 0.3 is 0 Å². The van der Waals surface area contributed by atoms with Gasteiger partial charge in [-0.1, -0.05) is 86.0 Å². The molecule has 0 fully saturated rings. The normalized spacial score (nSPS) is 11.5. The smallest absolute Gasteiger partial charge is 0.0963 e. The van der Waals surface area contributed by atoms with Gasteiger partial charge in [0.05, 0.1) is 16.6 Å². The van der Waals surface area contributed by atoms with Gasteiger partial charge in [0.25, 0.3) is 0 Å². The minimum Gasteiger partial charge on any atom is -0.355 e. The van der Waals surface area contributed by atoms with E-state index in [0.717, 1.165) is 22.2 Å². The molecule has 0 aliphatic heterocycles. The maximum absolute atomic E-state index is 4.81. The van der Waals surface area contributed by atoms with Crippen LogP contribution in [0.5, 0.6) is 0 Å². The summed E-state index contributed by atoms with van der Waals surface area (Å²) in [6.07, 6.45) is 13.0. The maximum atomic E-state index is 4.81. The second kappa shape index (κ2) is 12.4. The third kappa shape index (κ3) is 5.18. The van der Waals surface area contributed by atoms with Crippen molar-refractivity contribution < 1.29 is 0 Å². The number of nitrogens with one attached hydrogen (secondary N) is 1. The van der Waals surface area contributed by atoms with E-state index < -0.39 is 0 Å². The summed E-state index contributed by atoms with van der Waals surface area (Å²) in [7, 11) is 0. The number of benzene rings is 4. The molecule has 0 amide bonds. The van der Waals surface area contributed by atoms with Crippen LogP contribution in [0.2, 0.25) is 0 Å². The number of aromatic nitrogens is 3. The van der Waals surface area contributed by atoms with Gasteiger partial charge in [-0.3, -0.25) is 4.98 Å². The number of fused-ring (bicyclic) bond motifs is 9. The lowest BCUT2D eigenvalue weighted by Gasteiger charge is -2.08. The Kier molecular flexibility index (Phi) is 8.03. The second-order valence-electron chi connectivity index (χ2n) is 10.1. The van der Waals surface area contributed by atoms with Gasteiger partial charge < -0.3 is 9.55 Å². The summed E-state index contributed by atoms with van der Waals surface area (Å²) in [4.78, 5) is 8.35. The number of aromatic amines is 1. The fourth-order valence-electron chi connectivity index (χ4n) is 5.58. The lowest BCUT2D eigenvalue weighted by molar-refractivity contribution is 1.18. The Hall–Kier alpha value is -5.19. The lowest BCUT2D eigenvalue weighted by Crippen LogP contribution is -1.93. The number of H-pyrrole nitrogens is 1. The van der Waals surface area contributed by atoms with E-state index in [2.05, 4.69) is 108 Å². The highest BCUT2D eigenvalue weighted by atomic mass is 32.1. The molecule has 43 heavy (non-hydrogen) atoms. The van der Waals surface area contributed by atoms with E-state index in [0.29, 0.717) is 0 Å². The van der Waals surface area contributed by atoms with Gasteiger partial charge in [-0.2, -0.15) is 0 Å². The molecular weight excluding hydrogens is 543 g/mol. The van der Waals surface area contributed by atoms with Gasteiger partial charge in [0.15, 0.2) is 0 Å². The summed E-state index contributed by atoms with van der Waals surface area (Å²) < 4.78 is 4.99. The van der Waals surface area contributed by atoms with E-state index in [-0.39, 0.29) is 0 Å². The summed E-state index contributed by atoms with van der Waals surface area (Å²) in [6.45, 7) is 10.8. The second-order valence-corrected chi connectivity index (χ2v) is 11.2. The van der Waals surface area contributed by atoms with E-state index in [1.165, 1.54) is 47.4 Å². The molecule has 210 valence electrons. The van der Waals surface area contributed by atoms with Crippen LogP contribution in [-0.2, 0) is 0 Å². The zero-order chi connectivity index (χ0) is 29.8. The van der Waals surface area contributed by atoms with Gasteiger partial charge in [-0.25, -0.2) is 0 Å². The molecule has 0 spiro atoms. The van der Waals surface area contributed by atoms with Crippen molar-refractivity contribution in [3.63, 3.8) is 0 Å². The number of rotatable bonds is 3. The van der Waals surface area contributed by atoms with Crippen LogP contribution in [0.4, 0.5) is 0 Å². The van der Waals surface area contributed by atoms with Crippen LogP contribution in [0.15, 0.2) is 147 Å². The minimum atomic E-state index is 1.05. The van der Waals surface area contributed by atoms with E-state index >= 15 is 0 Å². The maximum Gasteiger partial charge on any atom is 0.0963 e. The highest BCUT2D eigenvalue weighted by molar-refractivity contribution is 7.25. The topological polar surface area (TPSA) is 33.6 Å². The van der Waals surface area contributed by atoms with Crippen LogP contribution in [0.3, 0.4) is 0 Å². The fourth-order valence-corrected chi connectivity index (χ4v) is 6.70. The van der Waals surface area contributed by atoms with Crippen molar-refractivity contribution in [1.82, 2.24) is 14.5 Å². The molecule has 0 atom stereocenters. The van der Waals surface area contributed by atoms with E-state index in [1.54, 1.807) is 12.2 Å². The van der Waals surface area contributed by atoms with Crippen molar-refractivity contribution in [3.05, 3.63) is 147 Å². The first-order valence-corrected chi connectivity index (χ1v) is 15.2. The van der Waals surface area contributed by atoms with Gasteiger partial charge in [0, 0.05) is 59.2 Å². The zero-order valence-electron chi connectivity index (χ0n) is 24.4. The Bertz CT molecular complexity index is 2290. The van der Waals surface area contributed by atoms with Crippen LogP contribution < -0.4 is 0 Å². The SMILES string of the molecule is C=C/C=C\C.C=C/C=C\C.c1ccc2c(c1)[nH]c1ccc(-n3c4cc5sc6ccccc6c5cc4c4ncccc43)cc12. The van der Waals surface area contributed by atoms with E-state index in [4.69, 9.17) is 4.98 Å². The van der Waals surface area contributed by atoms with Gasteiger partial charge in [-0.15, -0.1) is 11.3 Å². The number of hydrogen-bond acceptors (Lipinski definition) is 2. The molecule has 0 saturated carbocycles. The molecule has 1 N–H and O–H groups in total. The molecule has 4 aromatic carbocycles. The minimum absolute atomic E-state index is 1.05. The third-order valence-electron chi connectivity index (χ3n) is 7.42. The molecule has 0 aliphatic rings. The fraction of sp³-hybridized carbons (Fsp3) is 0.0513. The Morgan fingerprint density at radius 3 is 2.12 bits per heavy atom. The number of allylic oxidation sites excluding steroid dienone is 6. The highest BCUT2D eigenvalue weighted by Gasteiger charge is 2.17. The summed E-state index contributed by atoms with van der Waals surface area (Å²) in [6, 6.07) is 32.7. The van der Waals surface area contributed by atoms with Gasteiger partial charge in [0.2, 0.25) is 0 Å². The summed E-state index contributed by atoms with van der Waals surface area (Å²) in [5.41, 5.74) is 6.85. The Labute approximate surface area is 255 Å². The number of pyridine rings is 1. The molecule has 4 heteroatoms. The molecule has 4 heterocycles. The molecule has 0 radical (unpaired) electrons. The highest BCUT2D eigenvalue weighted by Crippen LogP contribution is 2.40. The van der Waals surface area contributed by atoms with Crippen molar-refractivity contribution in [3.8, 4) is 5.69 Å². The van der Waals surface area contributed by atoms with Gasteiger partial charge in [0.1, 0.15) is 0 Å². The van der Waals surface area contributed by atoms with E-state index in [1.807, 2.05) is 61.8 Å². The average Bonchev–Trinajstić information content (AvgIpc) is 3.70. The monoisotopic (exact) mass is 575 g/mol. The quantitative estimate of drug-likeness (QED) is 0.209. The molecule has 3 nitrogen and oxygen atoms in total. The van der Waals surface area contributed by atoms with Crippen LogP contribution in [-0.4, -0.2) is 14.5 Å². The Morgan fingerprint density at radius 1 is 0.651 bits per heavy atom. The lowest BCUT2D eigenvalue weighted by atomic mass is 10.1. The Balaban J connectivity index is 0.000000289. The number of thiophene rings is 1. The van der Waals surface area contributed by atoms with Crippen molar-refractivity contribution in [2.75, 3.05) is 0 Å². The zero-order valence-corrected chi connectivity index (χ0v) is 25.2. The van der Waals surface area contributed by atoms with Crippen LogP contribution >= 0.6 is 11.3 Å². The number of nitrogens with zero attached hydrogens (tertiary/aromatic N) is 2. The van der Waals surface area contributed by atoms with Crippen LogP contribution in [0.25, 0.3) is 69.6 Å². The van der Waals surface area contributed by atoms with Crippen molar-refractivity contribution in [2.24, 2.45) is 0 Å². The number of para-hydroxylation sites is 1. The predicted octanol–water partition coefficient (Wildman–Crippen LogP) is 11.7. The summed E-state index contributed by atoms with van der Waals surface area (Å²) in [5, 5.41) is 6.31.